The normalized spacial score (nSPS) is 16.6. The molecule has 0 aliphatic carbocycles. The average molecular weight is 159 g/mol. The van der Waals surface area contributed by atoms with E-state index in [2.05, 4.69) is 24.8 Å². The molecule has 5 heteroatoms. The van der Waals surface area contributed by atoms with Crippen molar-refractivity contribution in [2.75, 3.05) is 13.1 Å². The van der Waals surface area contributed by atoms with Gasteiger partial charge in [0.15, 0.2) is 0 Å². The first-order chi connectivity index (χ1) is 3.29. The average Bonchev–Trinajstić information content (AvgIpc) is 2.17. The van der Waals surface area contributed by atoms with Crippen molar-refractivity contribution in [1.29, 1.82) is 0 Å². The quantitative estimate of drug-likeness (QED) is 0.198. The van der Waals surface area contributed by atoms with Crippen molar-refractivity contribution in [3.63, 3.8) is 0 Å². The molecule has 1 aliphatic rings. The van der Waals surface area contributed by atoms with Gasteiger partial charge in [0.05, 0.1) is 13.1 Å². The Morgan fingerprint density at radius 2 is 2.25 bits per heavy atom. The van der Waals surface area contributed by atoms with Crippen molar-refractivity contribution >= 4 is 29.2 Å². The summed E-state index contributed by atoms with van der Waals surface area (Å²) in [6, 6.07) is 0. The fraction of sp³-hybridized carbons (Fsp3) is 0.667. The largest absolute Gasteiger partial charge is 1.00 e. The molecule has 0 spiro atoms. The molecule has 8 heavy (non-hydrogen) atoms. The SMILES string of the molecule is S=C(S)ON1CC1.[H-].[Na+]. The van der Waals surface area contributed by atoms with Crippen LogP contribution in [0.1, 0.15) is 1.43 Å². The maximum atomic E-state index is 4.79. The van der Waals surface area contributed by atoms with Gasteiger partial charge in [-0.1, -0.05) is 12.6 Å². The molecule has 0 unspecified atom stereocenters. The topological polar surface area (TPSA) is 12.2 Å². The minimum atomic E-state index is 0. The molecule has 0 radical (unpaired) electrons. The van der Waals surface area contributed by atoms with Crippen LogP contribution in [0, 0.1) is 0 Å². The summed E-state index contributed by atoms with van der Waals surface area (Å²) in [5.41, 5.74) is 0. The first-order valence-electron chi connectivity index (χ1n) is 1.95. The van der Waals surface area contributed by atoms with Crippen LogP contribution >= 0.6 is 24.8 Å². The van der Waals surface area contributed by atoms with Crippen molar-refractivity contribution in [2.45, 2.75) is 0 Å². The van der Waals surface area contributed by atoms with Gasteiger partial charge in [-0.15, -0.1) is 5.06 Å². The molecular formula is C3H6NNaOS2. The van der Waals surface area contributed by atoms with E-state index in [1.165, 1.54) is 0 Å². The summed E-state index contributed by atoms with van der Waals surface area (Å²) in [5.74, 6) is 0. The van der Waals surface area contributed by atoms with Gasteiger partial charge in [0.25, 0.3) is 0 Å². The number of nitrogens with zero attached hydrogens (tertiary/aromatic N) is 1. The van der Waals surface area contributed by atoms with Crippen molar-refractivity contribution in [3.05, 3.63) is 0 Å². The van der Waals surface area contributed by atoms with Crippen LogP contribution in [-0.2, 0) is 4.84 Å². The zero-order valence-electron chi connectivity index (χ0n) is 5.63. The standard InChI is InChI=1S/C3H5NOS2.Na.H/c6-3(7)5-4-1-2-4;;/h1-2H2,(H,6,7);;/q;+1;-1. The summed E-state index contributed by atoms with van der Waals surface area (Å²) in [4.78, 5) is 4.79. The molecule has 1 saturated heterocycles. The number of thiocarbonyl (C=S) groups is 1. The van der Waals surface area contributed by atoms with E-state index in [0.717, 1.165) is 13.1 Å². The Balaban J connectivity index is 0. The van der Waals surface area contributed by atoms with Crippen LogP contribution in [0.25, 0.3) is 0 Å². The van der Waals surface area contributed by atoms with E-state index in [9.17, 15) is 0 Å². The summed E-state index contributed by atoms with van der Waals surface area (Å²) in [7, 11) is 0. The summed E-state index contributed by atoms with van der Waals surface area (Å²) < 4.78 is 0.303. The molecule has 0 N–H and O–H groups in total. The van der Waals surface area contributed by atoms with E-state index in [1.54, 1.807) is 5.06 Å². The van der Waals surface area contributed by atoms with Gasteiger partial charge in [0.2, 0.25) is 4.38 Å². The number of hydroxylamine groups is 2. The molecule has 0 amide bonds. The van der Waals surface area contributed by atoms with Crippen LogP contribution in [0.3, 0.4) is 0 Å². The molecule has 42 valence electrons. The molecule has 0 saturated carbocycles. The second-order valence-corrected chi connectivity index (χ2v) is 2.37. The fourth-order valence-electron chi connectivity index (χ4n) is 0.243. The summed E-state index contributed by atoms with van der Waals surface area (Å²) >= 11 is 8.26. The zero-order valence-corrected chi connectivity index (χ0v) is 8.34. The molecule has 2 nitrogen and oxygen atoms in total. The third-order valence-corrected chi connectivity index (χ3v) is 0.770. The molecule has 1 rings (SSSR count). The summed E-state index contributed by atoms with van der Waals surface area (Å²) in [6.45, 7) is 1.97. The second-order valence-electron chi connectivity index (χ2n) is 1.29. The molecule has 0 aromatic rings. The number of hydrogen-bond acceptors (Lipinski definition) is 3. The van der Waals surface area contributed by atoms with Crippen LogP contribution in [0.2, 0.25) is 0 Å². The predicted molar refractivity (Wildman–Crippen MR) is 35.4 cm³/mol. The van der Waals surface area contributed by atoms with Gasteiger partial charge < -0.3 is 6.26 Å². The van der Waals surface area contributed by atoms with Crippen LogP contribution in [0.4, 0.5) is 0 Å². The van der Waals surface area contributed by atoms with Gasteiger partial charge in [-0.3, -0.25) is 0 Å². The maximum absolute atomic E-state index is 4.79. The molecule has 0 aromatic heterocycles. The van der Waals surface area contributed by atoms with Gasteiger partial charge in [0.1, 0.15) is 0 Å². The van der Waals surface area contributed by atoms with E-state index in [0.29, 0.717) is 4.38 Å². The Morgan fingerprint density at radius 1 is 1.75 bits per heavy atom. The Hall–Kier alpha value is 1.20. The molecule has 0 bridgehead atoms. The van der Waals surface area contributed by atoms with Gasteiger partial charge >= 0.3 is 29.6 Å². The van der Waals surface area contributed by atoms with Crippen molar-refractivity contribution in [1.82, 2.24) is 5.06 Å². The smallest absolute Gasteiger partial charge is 1.00 e. The van der Waals surface area contributed by atoms with Crippen LogP contribution in [-0.4, -0.2) is 22.5 Å². The first-order valence-corrected chi connectivity index (χ1v) is 2.80. The third-order valence-electron chi connectivity index (χ3n) is 0.613. The van der Waals surface area contributed by atoms with E-state index < -0.39 is 0 Å². The molecule has 1 fully saturated rings. The zero-order chi connectivity index (χ0) is 5.28. The molecule has 0 aromatic carbocycles. The van der Waals surface area contributed by atoms with Gasteiger partial charge in [-0.25, -0.2) is 0 Å². The molecular weight excluding hydrogens is 153 g/mol. The monoisotopic (exact) mass is 159 g/mol. The Bertz CT molecular complexity index is 99.8. The van der Waals surface area contributed by atoms with E-state index in [-0.39, 0.29) is 31.0 Å². The first kappa shape index (κ1) is 9.20. The van der Waals surface area contributed by atoms with Crippen LogP contribution in [0.15, 0.2) is 0 Å². The molecule has 0 atom stereocenters. The van der Waals surface area contributed by atoms with E-state index in [1.807, 2.05) is 0 Å². The minimum absolute atomic E-state index is 0. The Labute approximate surface area is 82.7 Å². The molecule has 1 heterocycles. The number of hydrogen-bond donors (Lipinski definition) is 1. The van der Waals surface area contributed by atoms with Gasteiger partial charge in [0, 0.05) is 0 Å². The van der Waals surface area contributed by atoms with Crippen molar-refractivity contribution < 1.29 is 35.8 Å². The summed E-state index contributed by atoms with van der Waals surface area (Å²) in [6.07, 6.45) is 0. The van der Waals surface area contributed by atoms with E-state index >= 15 is 0 Å². The van der Waals surface area contributed by atoms with Crippen LogP contribution in [0.5, 0.6) is 0 Å². The van der Waals surface area contributed by atoms with Crippen LogP contribution < -0.4 is 29.6 Å². The maximum Gasteiger partial charge on any atom is 1.00 e. The molecule has 1 aliphatic heterocycles. The van der Waals surface area contributed by atoms with Crippen molar-refractivity contribution in [2.24, 2.45) is 0 Å². The van der Waals surface area contributed by atoms with Gasteiger partial charge in [-0.05, 0) is 12.2 Å². The van der Waals surface area contributed by atoms with E-state index in [4.69, 9.17) is 4.84 Å². The number of rotatable bonds is 1. The second kappa shape index (κ2) is 4.09. The third kappa shape index (κ3) is 4.12. The summed E-state index contributed by atoms with van der Waals surface area (Å²) in [5, 5.41) is 1.73. The minimum Gasteiger partial charge on any atom is -1.00 e. The Morgan fingerprint density at radius 3 is 2.38 bits per heavy atom. The van der Waals surface area contributed by atoms with Gasteiger partial charge in [-0.2, -0.15) is 0 Å². The van der Waals surface area contributed by atoms with Crippen molar-refractivity contribution in [3.8, 4) is 0 Å². The fourth-order valence-corrected chi connectivity index (χ4v) is 0.463. The number of thiol groups is 1. The Kier molecular flexibility index (Phi) is 4.70. The predicted octanol–water partition coefficient (Wildman–Crippen LogP) is -2.44.